The number of ketones is 1. The number of aromatic nitrogens is 2. The lowest BCUT2D eigenvalue weighted by Crippen LogP contribution is -2.27. The summed E-state index contributed by atoms with van der Waals surface area (Å²) in [6, 6.07) is 0. The van der Waals surface area contributed by atoms with E-state index in [0.29, 0.717) is 15.9 Å². The van der Waals surface area contributed by atoms with Crippen LogP contribution >= 0.6 is 22.6 Å². The second-order valence-corrected chi connectivity index (χ2v) is 5.00. The van der Waals surface area contributed by atoms with E-state index < -0.39 is 5.97 Å². The van der Waals surface area contributed by atoms with E-state index in [1.807, 2.05) is 22.6 Å². The van der Waals surface area contributed by atoms with Crippen LogP contribution in [0.2, 0.25) is 0 Å². The van der Waals surface area contributed by atoms with Gasteiger partial charge in [-0.15, -0.1) is 0 Å². The highest BCUT2D eigenvalue weighted by atomic mass is 127. The summed E-state index contributed by atoms with van der Waals surface area (Å²) in [7, 11) is 0. The molecule has 7 heteroatoms. The Labute approximate surface area is 124 Å². The molecular formula is C12H15IN2O4. The van der Waals surface area contributed by atoms with Gasteiger partial charge in [0.15, 0.2) is 5.78 Å². The summed E-state index contributed by atoms with van der Waals surface area (Å²) in [5.41, 5.74) is 0.401. The molecule has 1 aromatic heterocycles. The first-order valence-corrected chi connectivity index (χ1v) is 6.92. The molecule has 0 saturated heterocycles. The fourth-order valence-electron chi connectivity index (χ4n) is 1.40. The molecule has 19 heavy (non-hydrogen) atoms. The second-order valence-electron chi connectivity index (χ2n) is 3.92. The fourth-order valence-corrected chi connectivity index (χ4v) is 1.85. The molecule has 6 nitrogen and oxygen atoms in total. The molecule has 0 fully saturated rings. The van der Waals surface area contributed by atoms with Crippen molar-refractivity contribution in [2.45, 2.75) is 33.2 Å². The summed E-state index contributed by atoms with van der Waals surface area (Å²) in [6.45, 7) is 3.67. The smallest absolute Gasteiger partial charge is 0.306 e. The molecule has 0 amide bonds. The molecule has 0 aliphatic rings. The van der Waals surface area contributed by atoms with Gasteiger partial charge in [-0.1, -0.05) is 0 Å². The van der Waals surface area contributed by atoms with Crippen molar-refractivity contribution in [1.82, 2.24) is 9.55 Å². The molecule has 0 aliphatic heterocycles. The van der Waals surface area contributed by atoms with Crippen molar-refractivity contribution in [1.29, 1.82) is 0 Å². The number of hydrogen-bond acceptors (Lipinski definition) is 5. The third-order valence-corrected chi connectivity index (χ3v) is 3.66. The lowest BCUT2D eigenvalue weighted by atomic mass is 10.2. The number of nitrogens with zero attached hydrogens (tertiary/aromatic N) is 2. The maximum Gasteiger partial charge on any atom is 0.306 e. The molecular weight excluding hydrogens is 363 g/mol. The van der Waals surface area contributed by atoms with Gasteiger partial charge in [0.05, 0.1) is 35.2 Å². The van der Waals surface area contributed by atoms with Gasteiger partial charge in [0.25, 0.3) is 5.56 Å². The van der Waals surface area contributed by atoms with Crippen molar-refractivity contribution >= 4 is 34.3 Å². The summed E-state index contributed by atoms with van der Waals surface area (Å²) in [5.74, 6) is -0.601. The van der Waals surface area contributed by atoms with Gasteiger partial charge in [-0.25, -0.2) is 4.98 Å². The Morgan fingerprint density at radius 3 is 2.74 bits per heavy atom. The van der Waals surface area contributed by atoms with Crippen LogP contribution in [0.3, 0.4) is 0 Å². The normalized spacial score (nSPS) is 10.3. The number of carbonyl (C=O) groups excluding carboxylic acids is 2. The van der Waals surface area contributed by atoms with E-state index in [1.165, 1.54) is 10.9 Å². The average molecular weight is 378 g/mol. The number of ether oxygens (including phenoxy) is 1. The lowest BCUT2D eigenvalue weighted by molar-refractivity contribution is -0.144. The van der Waals surface area contributed by atoms with Crippen LogP contribution in [0.15, 0.2) is 11.1 Å². The van der Waals surface area contributed by atoms with Crippen molar-refractivity contribution in [3.8, 4) is 0 Å². The average Bonchev–Trinajstić information content (AvgIpc) is 2.37. The van der Waals surface area contributed by atoms with Crippen molar-refractivity contribution in [2.75, 3.05) is 6.61 Å². The Kier molecular flexibility index (Phi) is 6.13. The zero-order chi connectivity index (χ0) is 14.4. The minimum absolute atomic E-state index is 0.0395. The third-order valence-electron chi connectivity index (χ3n) is 2.42. The first-order chi connectivity index (χ1) is 8.95. The number of Topliss-reactive ketones (excluding diaryl/α,β-unsaturated/α-hetero) is 1. The molecule has 0 aliphatic carbocycles. The molecule has 0 N–H and O–H groups in total. The molecule has 0 unspecified atom stereocenters. The van der Waals surface area contributed by atoms with Crippen LogP contribution in [-0.2, 0) is 20.9 Å². The Balaban J connectivity index is 2.61. The van der Waals surface area contributed by atoms with E-state index in [4.69, 9.17) is 4.74 Å². The summed E-state index contributed by atoms with van der Waals surface area (Å²) in [5, 5.41) is 0. The van der Waals surface area contributed by atoms with Crippen LogP contribution in [0.1, 0.15) is 25.5 Å². The highest BCUT2D eigenvalue weighted by molar-refractivity contribution is 14.1. The maximum absolute atomic E-state index is 11.8. The second kappa shape index (κ2) is 7.37. The van der Waals surface area contributed by atoms with Crippen LogP contribution in [0.4, 0.5) is 0 Å². The summed E-state index contributed by atoms with van der Waals surface area (Å²) in [6.07, 6.45) is 1.45. The minimum atomic E-state index is -0.403. The van der Waals surface area contributed by atoms with Gasteiger partial charge in [-0.3, -0.25) is 19.0 Å². The van der Waals surface area contributed by atoms with E-state index in [1.54, 1.807) is 13.8 Å². The molecule has 1 rings (SSSR count). The molecule has 104 valence electrons. The number of halogens is 1. The quantitative estimate of drug-likeness (QED) is 0.547. The number of esters is 1. The van der Waals surface area contributed by atoms with E-state index in [-0.39, 0.29) is 30.7 Å². The number of aryl methyl sites for hydroxylation is 1. The van der Waals surface area contributed by atoms with Crippen LogP contribution in [0.5, 0.6) is 0 Å². The van der Waals surface area contributed by atoms with Crippen molar-refractivity contribution in [3.05, 3.63) is 25.9 Å². The predicted octanol–water partition coefficient (Wildman–Crippen LogP) is 1.07. The van der Waals surface area contributed by atoms with Gasteiger partial charge in [-0.05, 0) is 36.4 Å². The Morgan fingerprint density at radius 2 is 2.11 bits per heavy atom. The van der Waals surface area contributed by atoms with Gasteiger partial charge >= 0.3 is 5.97 Å². The van der Waals surface area contributed by atoms with E-state index >= 15 is 0 Å². The SMILES string of the molecule is CCOC(=O)CCC(=O)Cn1cnc(C)c(I)c1=O. The van der Waals surface area contributed by atoms with Gasteiger partial charge < -0.3 is 4.74 Å². The molecule has 0 spiro atoms. The predicted molar refractivity (Wildman–Crippen MR) is 76.8 cm³/mol. The molecule has 0 aromatic carbocycles. The van der Waals surface area contributed by atoms with Crippen molar-refractivity contribution in [2.24, 2.45) is 0 Å². The first kappa shape index (κ1) is 15.8. The number of rotatable bonds is 6. The van der Waals surface area contributed by atoms with Gasteiger partial charge in [0.2, 0.25) is 0 Å². The summed E-state index contributed by atoms with van der Waals surface area (Å²) in [4.78, 5) is 38.6. The molecule has 1 aromatic rings. The van der Waals surface area contributed by atoms with Gasteiger partial charge in [0, 0.05) is 6.42 Å². The Morgan fingerprint density at radius 1 is 1.42 bits per heavy atom. The molecule has 0 bridgehead atoms. The minimum Gasteiger partial charge on any atom is -0.466 e. The topological polar surface area (TPSA) is 78.3 Å². The van der Waals surface area contributed by atoms with E-state index in [2.05, 4.69) is 4.98 Å². The zero-order valence-electron chi connectivity index (χ0n) is 10.8. The molecule has 0 radical (unpaired) electrons. The molecule has 1 heterocycles. The van der Waals surface area contributed by atoms with Crippen LogP contribution in [0, 0.1) is 10.5 Å². The highest BCUT2D eigenvalue weighted by Gasteiger charge is 2.11. The van der Waals surface area contributed by atoms with Gasteiger partial charge in [0.1, 0.15) is 0 Å². The monoisotopic (exact) mass is 378 g/mol. The van der Waals surface area contributed by atoms with E-state index in [9.17, 15) is 14.4 Å². The molecule has 0 atom stereocenters. The van der Waals surface area contributed by atoms with Crippen LogP contribution < -0.4 is 5.56 Å². The summed E-state index contributed by atoms with van der Waals surface area (Å²) >= 11 is 1.90. The fraction of sp³-hybridized carbons (Fsp3) is 0.500. The lowest BCUT2D eigenvalue weighted by Gasteiger charge is -2.06. The number of carbonyl (C=O) groups is 2. The van der Waals surface area contributed by atoms with Crippen molar-refractivity contribution < 1.29 is 14.3 Å². The van der Waals surface area contributed by atoms with Gasteiger partial charge in [-0.2, -0.15) is 0 Å². The molecule has 0 saturated carbocycles. The van der Waals surface area contributed by atoms with E-state index in [0.717, 1.165) is 0 Å². The van der Waals surface area contributed by atoms with Crippen molar-refractivity contribution in [3.63, 3.8) is 0 Å². The maximum atomic E-state index is 11.8. The largest absolute Gasteiger partial charge is 0.466 e. The van der Waals surface area contributed by atoms with Crippen LogP contribution in [-0.4, -0.2) is 27.9 Å². The third kappa shape index (κ3) is 4.73. The van der Waals surface area contributed by atoms with Crippen LogP contribution in [0.25, 0.3) is 0 Å². The standard InChI is InChI=1S/C12H15IN2O4/c1-3-19-10(17)5-4-9(16)6-15-7-14-8(2)11(13)12(15)18/h7H,3-6H2,1-2H3. The highest BCUT2D eigenvalue weighted by Crippen LogP contribution is 2.02. The zero-order valence-corrected chi connectivity index (χ0v) is 13.0. The summed E-state index contributed by atoms with van der Waals surface area (Å²) < 4.78 is 6.48. The Hall–Kier alpha value is -1.25. The Bertz CT molecular complexity index is 539. The number of hydrogen-bond donors (Lipinski definition) is 0. The first-order valence-electron chi connectivity index (χ1n) is 5.84.